The lowest BCUT2D eigenvalue weighted by Gasteiger charge is -2.25. The van der Waals surface area contributed by atoms with E-state index in [0.717, 1.165) is 60.9 Å². The van der Waals surface area contributed by atoms with E-state index >= 15 is 0 Å². The molecule has 0 amide bonds. The van der Waals surface area contributed by atoms with Crippen LogP contribution < -0.4 is 4.90 Å². The standard InChI is InChI=1S/C49H34N8/c1-33-19-7-6-18-30-56(48-52-44(34-20-8-2-9-21-34)50-45(53-48)35-22-10-3-11-23-35)42-32-40-38-28-16-17-29-41(38)57(43(40)31-39(33)42)49-54-46(36-24-12-4-13-25-36)51-47(55-49)37-26-14-5-15-27-37/h2-29,31-32H,1,30H2/b18-6-,19-7-. The van der Waals surface area contributed by atoms with Crippen molar-refractivity contribution in [2.45, 2.75) is 0 Å². The van der Waals surface area contributed by atoms with Gasteiger partial charge in [-0.15, -0.1) is 0 Å². The molecule has 9 aromatic rings. The summed E-state index contributed by atoms with van der Waals surface area (Å²) in [7, 11) is 0. The third-order valence-corrected chi connectivity index (χ3v) is 10.1. The molecule has 6 aromatic carbocycles. The zero-order chi connectivity index (χ0) is 38.1. The van der Waals surface area contributed by atoms with Crippen molar-refractivity contribution in [3.05, 3.63) is 194 Å². The third-order valence-electron chi connectivity index (χ3n) is 10.1. The second-order valence-electron chi connectivity index (χ2n) is 13.7. The van der Waals surface area contributed by atoms with Gasteiger partial charge in [0.2, 0.25) is 11.9 Å². The summed E-state index contributed by atoms with van der Waals surface area (Å²) in [6.45, 7) is 5.09. The van der Waals surface area contributed by atoms with E-state index in [9.17, 15) is 0 Å². The number of allylic oxidation sites excluding steroid dienone is 4. The fraction of sp³-hybridized carbons (Fsp3) is 0.0204. The van der Waals surface area contributed by atoms with Crippen molar-refractivity contribution in [3.63, 3.8) is 0 Å². The van der Waals surface area contributed by atoms with Crippen LogP contribution in [0.15, 0.2) is 189 Å². The van der Waals surface area contributed by atoms with Gasteiger partial charge in [-0.1, -0.05) is 170 Å². The van der Waals surface area contributed by atoms with Crippen LogP contribution in [0.3, 0.4) is 0 Å². The van der Waals surface area contributed by atoms with Crippen LogP contribution in [0.1, 0.15) is 5.56 Å². The number of hydrogen-bond acceptors (Lipinski definition) is 7. The highest BCUT2D eigenvalue weighted by Gasteiger charge is 2.25. The Morgan fingerprint density at radius 3 is 1.44 bits per heavy atom. The van der Waals surface area contributed by atoms with Crippen LogP contribution in [-0.2, 0) is 0 Å². The maximum atomic E-state index is 5.15. The second-order valence-corrected chi connectivity index (χ2v) is 13.7. The van der Waals surface area contributed by atoms with Crippen molar-refractivity contribution in [1.82, 2.24) is 34.5 Å². The molecule has 0 spiro atoms. The Morgan fingerprint density at radius 1 is 0.439 bits per heavy atom. The van der Waals surface area contributed by atoms with Crippen LogP contribution in [-0.4, -0.2) is 41.0 Å². The normalized spacial score (nSPS) is 13.8. The topological polar surface area (TPSA) is 85.5 Å². The lowest BCUT2D eigenvalue weighted by molar-refractivity contribution is 0.951. The molecule has 1 aliphatic heterocycles. The van der Waals surface area contributed by atoms with Crippen molar-refractivity contribution in [2.75, 3.05) is 11.4 Å². The molecule has 0 radical (unpaired) electrons. The van der Waals surface area contributed by atoms with Crippen LogP contribution in [0.5, 0.6) is 0 Å². The summed E-state index contributed by atoms with van der Waals surface area (Å²) in [5.41, 5.74) is 8.22. The highest BCUT2D eigenvalue weighted by atomic mass is 15.3. The van der Waals surface area contributed by atoms with Gasteiger partial charge in [0.15, 0.2) is 23.3 Å². The Labute approximate surface area is 329 Å². The van der Waals surface area contributed by atoms with Gasteiger partial charge in [0, 0.05) is 45.1 Å². The van der Waals surface area contributed by atoms with E-state index in [1.54, 1.807) is 0 Å². The minimum atomic E-state index is 0.510. The van der Waals surface area contributed by atoms with Gasteiger partial charge in [0.05, 0.1) is 16.7 Å². The molecule has 8 heteroatoms. The SMILES string of the molecule is C=C1/C=C\C=C/CN(c2nc(-c3ccccc3)nc(-c3ccccc3)n2)c2cc3c4ccccc4n(-c4nc(-c5ccccc5)nc(-c5ccccc5)n4)c3cc21. The van der Waals surface area contributed by atoms with Crippen molar-refractivity contribution >= 4 is 39.0 Å². The molecular formula is C49H34N8. The number of benzene rings is 6. The predicted octanol–water partition coefficient (Wildman–Crippen LogP) is 11.1. The number of fused-ring (bicyclic) bond motifs is 4. The maximum Gasteiger partial charge on any atom is 0.238 e. The fourth-order valence-electron chi connectivity index (χ4n) is 7.31. The Kier molecular flexibility index (Phi) is 8.53. The quantitative estimate of drug-likeness (QED) is 0.168. The van der Waals surface area contributed by atoms with Gasteiger partial charge >= 0.3 is 0 Å². The number of anilines is 2. The largest absolute Gasteiger partial charge is 0.306 e. The first-order chi connectivity index (χ1) is 28.2. The maximum absolute atomic E-state index is 5.15. The van der Waals surface area contributed by atoms with Crippen molar-refractivity contribution in [3.8, 4) is 51.5 Å². The number of nitrogens with zero attached hydrogens (tertiary/aromatic N) is 8. The summed E-state index contributed by atoms with van der Waals surface area (Å²) in [4.78, 5) is 32.7. The fourth-order valence-corrected chi connectivity index (χ4v) is 7.31. The Balaban J connectivity index is 1.23. The molecule has 0 unspecified atom stereocenters. The number of aromatic nitrogens is 7. The third kappa shape index (κ3) is 6.35. The van der Waals surface area contributed by atoms with Gasteiger partial charge in [-0.05, 0) is 23.8 Å². The van der Waals surface area contributed by atoms with Crippen LogP contribution in [0.4, 0.5) is 11.6 Å². The van der Waals surface area contributed by atoms with E-state index in [2.05, 4.69) is 58.5 Å². The van der Waals surface area contributed by atoms with Gasteiger partial charge in [-0.25, -0.2) is 9.97 Å². The Bertz CT molecular complexity index is 2880. The lowest BCUT2D eigenvalue weighted by Crippen LogP contribution is -2.22. The first-order valence-electron chi connectivity index (χ1n) is 18.8. The first kappa shape index (κ1) is 33.7. The van der Waals surface area contributed by atoms with Gasteiger partial charge in [-0.3, -0.25) is 4.57 Å². The molecule has 57 heavy (non-hydrogen) atoms. The van der Waals surface area contributed by atoms with Crippen LogP contribution in [0.25, 0.3) is 78.9 Å². The molecule has 10 rings (SSSR count). The Morgan fingerprint density at radius 2 is 0.912 bits per heavy atom. The van der Waals surface area contributed by atoms with Gasteiger partial charge in [-0.2, -0.15) is 19.9 Å². The molecule has 0 saturated carbocycles. The molecule has 0 N–H and O–H groups in total. The zero-order valence-electron chi connectivity index (χ0n) is 30.8. The molecule has 8 nitrogen and oxygen atoms in total. The van der Waals surface area contributed by atoms with E-state index in [-0.39, 0.29) is 0 Å². The van der Waals surface area contributed by atoms with Crippen LogP contribution >= 0.6 is 0 Å². The molecule has 0 atom stereocenters. The zero-order valence-corrected chi connectivity index (χ0v) is 30.8. The number of rotatable bonds is 6. The minimum Gasteiger partial charge on any atom is -0.306 e. The molecule has 270 valence electrons. The average Bonchev–Trinajstić information content (AvgIpc) is 3.64. The molecule has 3 aromatic heterocycles. The van der Waals surface area contributed by atoms with E-state index in [1.807, 2.05) is 140 Å². The Hall–Kier alpha value is -7.84. The van der Waals surface area contributed by atoms with Gasteiger partial charge < -0.3 is 4.90 Å². The highest BCUT2D eigenvalue weighted by Crippen LogP contribution is 2.41. The van der Waals surface area contributed by atoms with E-state index in [1.165, 1.54) is 0 Å². The predicted molar refractivity (Wildman–Crippen MR) is 230 cm³/mol. The van der Waals surface area contributed by atoms with Gasteiger partial charge in [0.25, 0.3) is 0 Å². The second kappa shape index (κ2) is 14.4. The first-order valence-corrected chi connectivity index (χ1v) is 18.8. The summed E-state index contributed by atoms with van der Waals surface area (Å²) in [6.07, 6.45) is 8.22. The summed E-state index contributed by atoms with van der Waals surface area (Å²) < 4.78 is 2.14. The van der Waals surface area contributed by atoms with Crippen LogP contribution in [0, 0.1) is 0 Å². The molecule has 4 heterocycles. The summed E-state index contributed by atoms with van der Waals surface area (Å²) in [5.74, 6) is 3.43. The molecule has 0 saturated heterocycles. The summed E-state index contributed by atoms with van der Waals surface area (Å²) in [6, 6.07) is 53.0. The minimum absolute atomic E-state index is 0.510. The monoisotopic (exact) mass is 734 g/mol. The van der Waals surface area contributed by atoms with Gasteiger partial charge in [0.1, 0.15) is 0 Å². The van der Waals surface area contributed by atoms with E-state index < -0.39 is 0 Å². The van der Waals surface area contributed by atoms with Crippen molar-refractivity contribution < 1.29 is 0 Å². The highest BCUT2D eigenvalue weighted by molar-refractivity contribution is 6.12. The molecular weight excluding hydrogens is 701 g/mol. The molecule has 0 aliphatic carbocycles. The molecule has 0 bridgehead atoms. The number of para-hydroxylation sites is 1. The van der Waals surface area contributed by atoms with E-state index in [0.29, 0.717) is 41.7 Å². The average molecular weight is 735 g/mol. The molecule has 1 aliphatic rings. The molecule has 0 fully saturated rings. The van der Waals surface area contributed by atoms with E-state index in [4.69, 9.17) is 29.9 Å². The van der Waals surface area contributed by atoms with Crippen LogP contribution in [0.2, 0.25) is 0 Å². The number of hydrogen-bond donors (Lipinski definition) is 0. The summed E-state index contributed by atoms with van der Waals surface area (Å²) >= 11 is 0. The smallest absolute Gasteiger partial charge is 0.238 e. The van der Waals surface area contributed by atoms with Crippen molar-refractivity contribution in [2.24, 2.45) is 0 Å². The summed E-state index contributed by atoms with van der Waals surface area (Å²) in [5, 5.41) is 2.08. The lowest BCUT2D eigenvalue weighted by atomic mass is 10.0. The van der Waals surface area contributed by atoms with Crippen molar-refractivity contribution in [1.29, 1.82) is 0 Å².